The summed E-state index contributed by atoms with van der Waals surface area (Å²) < 4.78 is 19.8. The Morgan fingerprint density at radius 2 is 1.94 bits per heavy atom. The number of carbonyl (C=O) groups excluding carboxylic acids is 2. The van der Waals surface area contributed by atoms with E-state index in [1.807, 2.05) is 20.0 Å². The molecule has 4 rings (SSSR count). The lowest BCUT2D eigenvalue weighted by atomic mass is 10.1. The van der Waals surface area contributed by atoms with Gasteiger partial charge in [0.05, 0.1) is 17.3 Å². The van der Waals surface area contributed by atoms with Crippen LogP contribution in [-0.2, 0) is 11.2 Å². The molecule has 2 aliphatic rings. The van der Waals surface area contributed by atoms with E-state index in [1.165, 1.54) is 22.6 Å². The van der Waals surface area contributed by atoms with Crippen LogP contribution >= 0.6 is 12.4 Å². The van der Waals surface area contributed by atoms with Crippen LogP contribution in [0, 0.1) is 12.7 Å². The Morgan fingerprint density at radius 1 is 1.22 bits per heavy atom. The summed E-state index contributed by atoms with van der Waals surface area (Å²) in [5.41, 5.74) is 2.73. The third-order valence-electron chi connectivity index (χ3n) is 5.87. The van der Waals surface area contributed by atoms with Crippen LogP contribution in [0.15, 0.2) is 30.5 Å². The fourth-order valence-electron chi connectivity index (χ4n) is 4.16. The van der Waals surface area contributed by atoms with Gasteiger partial charge in [0.25, 0.3) is 5.91 Å². The van der Waals surface area contributed by atoms with Gasteiger partial charge < -0.3 is 14.5 Å². The molecular formula is C23H28ClFN4O3. The summed E-state index contributed by atoms with van der Waals surface area (Å²) in [6.07, 6.45) is 2.25. The van der Waals surface area contributed by atoms with Crippen LogP contribution in [0.5, 0.6) is 0 Å². The summed E-state index contributed by atoms with van der Waals surface area (Å²) in [5.74, 6) is -0.0130. The smallest absolute Gasteiger partial charge is 0.414 e. The molecule has 0 aliphatic carbocycles. The third-order valence-corrected chi connectivity index (χ3v) is 5.87. The van der Waals surface area contributed by atoms with Gasteiger partial charge in [0.2, 0.25) is 0 Å². The summed E-state index contributed by atoms with van der Waals surface area (Å²) >= 11 is 0. The highest BCUT2D eigenvalue weighted by atomic mass is 35.5. The first-order valence-corrected chi connectivity index (χ1v) is 10.6. The molecule has 3 heterocycles. The molecule has 2 aromatic rings. The average Bonchev–Trinajstić information content (AvgIpc) is 3.11. The molecule has 0 N–H and O–H groups in total. The lowest BCUT2D eigenvalue weighted by Gasteiger charge is -2.36. The van der Waals surface area contributed by atoms with E-state index in [1.54, 1.807) is 11.0 Å². The molecule has 7 nitrogen and oxygen atoms in total. The van der Waals surface area contributed by atoms with E-state index < -0.39 is 11.9 Å². The van der Waals surface area contributed by atoms with Crippen LogP contribution in [0.25, 0.3) is 0 Å². The maximum atomic E-state index is 14.8. The molecule has 0 spiro atoms. The van der Waals surface area contributed by atoms with Crippen LogP contribution in [0.4, 0.5) is 20.7 Å². The van der Waals surface area contributed by atoms with Gasteiger partial charge in [-0.1, -0.05) is 13.0 Å². The van der Waals surface area contributed by atoms with Crippen LogP contribution in [0.2, 0.25) is 0 Å². The van der Waals surface area contributed by atoms with Crippen LogP contribution < -0.4 is 9.80 Å². The van der Waals surface area contributed by atoms with Crippen molar-refractivity contribution in [2.45, 2.75) is 33.2 Å². The number of piperazine rings is 1. The number of hydrogen-bond acceptors (Lipinski definition) is 5. The van der Waals surface area contributed by atoms with E-state index in [0.717, 1.165) is 17.8 Å². The van der Waals surface area contributed by atoms with Gasteiger partial charge in [0, 0.05) is 32.4 Å². The molecule has 2 aliphatic heterocycles. The van der Waals surface area contributed by atoms with Crippen molar-refractivity contribution in [1.29, 1.82) is 0 Å². The zero-order chi connectivity index (χ0) is 22.1. The van der Waals surface area contributed by atoms with Crippen molar-refractivity contribution < 1.29 is 18.7 Å². The standard InChI is InChI=1S/C23H27FN4O3.ClH/c1-4-17-11-15(2)13-25-21(17)26-7-9-27(10-8-26)22(29)19-6-5-18(12-20(19)24)28-16(3)14-31-23(28)30;/h5-6,11-13,16H,4,7-10,14H2,1-3H3;1H/t16-;/m1./s1. The molecule has 0 unspecified atom stereocenters. The Hall–Kier alpha value is -2.87. The fourth-order valence-corrected chi connectivity index (χ4v) is 4.16. The predicted molar refractivity (Wildman–Crippen MR) is 123 cm³/mol. The largest absolute Gasteiger partial charge is 0.447 e. The summed E-state index contributed by atoms with van der Waals surface area (Å²) in [5, 5.41) is 0. The van der Waals surface area contributed by atoms with E-state index in [9.17, 15) is 14.0 Å². The topological polar surface area (TPSA) is 66.0 Å². The highest BCUT2D eigenvalue weighted by Gasteiger charge is 2.32. The molecule has 2 fully saturated rings. The Bertz CT molecular complexity index is 1010. The maximum absolute atomic E-state index is 14.8. The number of amides is 2. The quantitative estimate of drug-likeness (QED) is 0.691. The van der Waals surface area contributed by atoms with Gasteiger partial charge in [0.1, 0.15) is 18.2 Å². The minimum absolute atomic E-state index is 0. The molecule has 1 atom stereocenters. The monoisotopic (exact) mass is 462 g/mol. The van der Waals surface area contributed by atoms with Crippen molar-refractivity contribution in [3.05, 3.63) is 53.0 Å². The molecule has 32 heavy (non-hydrogen) atoms. The Balaban J connectivity index is 0.00000289. The van der Waals surface area contributed by atoms with E-state index >= 15 is 0 Å². The second-order valence-corrected chi connectivity index (χ2v) is 8.09. The van der Waals surface area contributed by atoms with Crippen LogP contribution in [0.3, 0.4) is 0 Å². The normalized spacial score (nSPS) is 18.4. The lowest BCUT2D eigenvalue weighted by Crippen LogP contribution is -2.49. The minimum Gasteiger partial charge on any atom is -0.447 e. The second-order valence-electron chi connectivity index (χ2n) is 8.09. The van der Waals surface area contributed by atoms with Gasteiger partial charge in [-0.2, -0.15) is 0 Å². The second kappa shape index (κ2) is 9.73. The molecule has 1 aromatic carbocycles. The molecule has 2 saturated heterocycles. The Morgan fingerprint density at radius 3 is 2.53 bits per heavy atom. The average molecular weight is 463 g/mol. The number of halogens is 2. The zero-order valence-electron chi connectivity index (χ0n) is 18.5. The van der Waals surface area contributed by atoms with Gasteiger partial charge in [-0.15, -0.1) is 12.4 Å². The predicted octanol–water partition coefficient (Wildman–Crippen LogP) is 3.82. The first-order chi connectivity index (χ1) is 14.9. The Kier molecular flexibility index (Phi) is 7.23. The SMILES string of the molecule is CCc1cc(C)cnc1N1CCN(C(=O)c2ccc(N3C(=O)OC[C@H]3C)cc2F)CC1.Cl. The number of anilines is 2. The molecular weight excluding hydrogens is 435 g/mol. The van der Waals surface area contributed by atoms with Crippen molar-refractivity contribution in [2.24, 2.45) is 0 Å². The molecule has 0 radical (unpaired) electrons. The molecule has 172 valence electrons. The summed E-state index contributed by atoms with van der Waals surface area (Å²) in [6.45, 7) is 8.50. The van der Waals surface area contributed by atoms with E-state index in [4.69, 9.17) is 4.74 Å². The molecule has 0 saturated carbocycles. The van der Waals surface area contributed by atoms with Crippen molar-refractivity contribution >= 4 is 35.9 Å². The van der Waals surface area contributed by atoms with Gasteiger partial charge in [0.15, 0.2) is 0 Å². The minimum atomic E-state index is -0.634. The number of nitrogens with zero attached hydrogens (tertiary/aromatic N) is 4. The highest BCUT2D eigenvalue weighted by Crippen LogP contribution is 2.26. The number of cyclic esters (lactones) is 1. The third kappa shape index (κ3) is 4.50. The maximum Gasteiger partial charge on any atom is 0.414 e. The number of rotatable bonds is 4. The van der Waals surface area contributed by atoms with E-state index in [2.05, 4.69) is 22.9 Å². The Labute approximate surface area is 193 Å². The molecule has 1 aromatic heterocycles. The molecule has 2 amide bonds. The van der Waals surface area contributed by atoms with E-state index in [-0.39, 0.29) is 36.5 Å². The highest BCUT2D eigenvalue weighted by molar-refractivity contribution is 5.96. The molecule has 9 heteroatoms. The van der Waals surface area contributed by atoms with E-state index in [0.29, 0.717) is 31.9 Å². The number of carbonyl (C=O) groups is 2. The van der Waals surface area contributed by atoms with Crippen molar-refractivity contribution in [2.75, 3.05) is 42.6 Å². The van der Waals surface area contributed by atoms with Crippen molar-refractivity contribution in [1.82, 2.24) is 9.88 Å². The molecule has 0 bridgehead atoms. The van der Waals surface area contributed by atoms with Gasteiger partial charge >= 0.3 is 6.09 Å². The number of benzene rings is 1. The number of aromatic nitrogens is 1. The summed E-state index contributed by atoms with van der Waals surface area (Å²) in [4.78, 5) is 34.7. The van der Waals surface area contributed by atoms with Gasteiger partial charge in [-0.05, 0) is 49.6 Å². The lowest BCUT2D eigenvalue weighted by molar-refractivity contribution is 0.0742. The van der Waals surface area contributed by atoms with Crippen LogP contribution in [0.1, 0.15) is 35.3 Å². The summed E-state index contributed by atoms with van der Waals surface area (Å²) in [6, 6.07) is 6.25. The first kappa shape index (κ1) is 23.8. The van der Waals surface area contributed by atoms with Crippen molar-refractivity contribution in [3.8, 4) is 0 Å². The van der Waals surface area contributed by atoms with Gasteiger partial charge in [-0.3, -0.25) is 9.69 Å². The van der Waals surface area contributed by atoms with Crippen molar-refractivity contribution in [3.63, 3.8) is 0 Å². The number of hydrogen-bond donors (Lipinski definition) is 0. The fraction of sp³-hybridized carbons (Fsp3) is 0.435. The first-order valence-electron chi connectivity index (χ1n) is 10.6. The van der Waals surface area contributed by atoms with Crippen LogP contribution in [-0.4, -0.2) is 60.7 Å². The summed E-state index contributed by atoms with van der Waals surface area (Å²) in [7, 11) is 0. The number of ether oxygens (including phenoxy) is 1. The van der Waals surface area contributed by atoms with Gasteiger partial charge in [-0.25, -0.2) is 14.2 Å². The number of pyridine rings is 1. The zero-order valence-corrected chi connectivity index (χ0v) is 19.3. The number of aryl methyl sites for hydroxylation is 2.